The van der Waals surface area contributed by atoms with Crippen LogP contribution in [0.1, 0.15) is 11.1 Å². The van der Waals surface area contributed by atoms with E-state index in [1.54, 1.807) is 24.9 Å². The fourth-order valence-electron chi connectivity index (χ4n) is 1.74. The first kappa shape index (κ1) is 12.5. The number of nitrogens with zero attached hydrogens (tertiary/aromatic N) is 2. The summed E-state index contributed by atoms with van der Waals surface area (Å²) in [6.45, 7) is 2.12. The van der Waals surface area contributed by atoms with Gasteiger partial charge in [0.2, 0.25) is 0 Å². The van der Waals surface area contributed by atoms with Gasteiger partial charge in [0.1, 0.15) is 5.82 Å². The Kier molecular flexibility index (Phi) is 3.55. The van der Waals surface area contributed by atoms with E-state index in [0.717, 1.165) is 5.56 Å². The van der Waals surface area contributed by atoms with Gasteiger partial charge in [0.05, 0.1) is 0 Å². The summed E-state index contributed by atoms with van der Waals surface area (Å²) in [6, 6.07) is 7.91. The predicted molar refractivity (Wildman–Crippen MR) is 67.4 cm³/mol. The van der Waals surface area contributed by atoms with Crippen LogP contribution in [0.5, 0.6) is 0 Å². The van der Waals surface area contributed by atoms with Gasteiger partial charge < -0.3 is 4.90 Å². The van der Waals surface area contributed by atoms with Gasteiger partial charge >= 0.3 is 0 Å². The number of aromatic nitrogens is 1. The molecule has 0 atom stereocenters. The molecular formula is C14H14F2N2. The highest BCUT2D eigenvalue weighted by molar-refractivity contribution is 5.40. The van der Waals surface area contributed by atoms with Crippen LogP contribution in [0.3, 0.4) is 0 Å². The third-order valence-corrected chi connectivity index (χ3v) is 2.76. The Morgan fingerprint density at radius 1 is 1.17 bits per heavy atom. The minimum absolute atomic E-state index is 0.248. The van der Waals surface area contributed by atoms with E-state index in [2.05, 4.69) is 4.98 Å². The van der Waals surface area contributed by atoms with Crippen LogP contribution >= 0.6 is 0 Å². The van der Waals surface area contributed by atoms with Crippen molar-refractivity contribution in [2.75, 3.05) is 11.9 Å². The average molecular weight is 248 g/mol. The lowest BCUT2D eigenvalue weighted by molar-refractivity contribution is 0.610. The lowest BCUT2D eigenvalue weighted by Gasteiger charge is -2.18. The minimum atomic E-state index is -0.382. The maximum Gasteiger partial charge on any atom is 0.165 e. The summed E-state index contributed by atoms with van der Waals surface area (Å²) >= 11 is 0. The van der Waals surface area contributed by atoms with E-state index in [-0.39, 0.29) is 17.5 Å². The molecule has 0 unspecified atom stereocenters. The Morgan fingerprint density at radius 2 is 1.94 bits per heavy atom. The van der Waals surface area contributed by atoms with Crippen molar-refractivity contribution in [1.29, 1.82) is 0 Å². The van der Waals surface area contributed by atoms with Crippen LogP contribution in [0, 0.1) is 18.6 Å². The molecule has 2 aromatic rings. The van der Waals surface area contributed by atoms with Crippen LogP contribution in [0.2, 0.25) is 0 Å². The fraction of sp³-hybridized carbons (Fsp3) is 0.214. The Hall–Kier alpha value is -1.97. The average Bonchev–Trinajstić information content (AvgIpc) is 2.34. The highest BCUT2D eigenvalue weighted by Crippen LogP contribution is 2.17. The van der Waals surface area contributed by atoms with Gasteiger partial charge in [-0.05, 0) is 36.2 Å². The number of benzene rings is 1. The predicted octanol–water partition coefficient (Wildman–Crippen LogP) is 3.30. The topological polar surface area (TPSA) is 16.1 Å². The first-order valence-electron chi connectivity index (χ1n) is 5.64. The van der Waals surface area contributed by atoms with Crippen molar-refractivity contribution in [2.24, 2.45) is 0 Å². The highest BCUT2D eigenvalue weighted by Gasteiger charge is 2.09. The summed E-state index contributed by atoms with van der Waals surface area (Å²) < 4.78 is 26.9. The Labute approximate surface area is 105 Å². The van der Waals surface area contributed by atoms with Gasteiger partial charge in [-0.15, -0.1) is 0 Å². The second-order valence-electron chi connectivity index (χ2n) is 4.25. The van der Waals surface area contributed by atoms with Crippen LogP contribution < -0.4 is 4.90 Å². The zero-order chi connectivity index (χ0) is 13.1. The molecule has 0 bridgehead atoms. The molecule has 1 aromatic heterocycles. The molecule has 0 saturated carbocycles. The van der Waals surface area contributed by atoms with Gasteiger partial charge in [0, 0.05) is 19.8 Å². The lowest BCUT2D eigenvalue weighted by Crippen LogP contribution is -2.19. The van der Waals surface area contributed by atoms with Gasteiger partial charge in [-0.3, -0.25) is 0 Å². The Morgan fingerprint density at radius 3 is 2.61 bits per heavy atom. The standard InChI is InChI=1S/C14H14F2N2/c1-10-5-6-11(8-13(10)16)9-18(2)14-12(15)4-3-7-17-14/h3-8H,9H2,1-2H3. The molecule has 94 valence electrons. The summed E-state index contributed by atoms with van der Waals surface area (Å²) in [5.41, 5.74) is 1.39. The van der Waals surface area contributed by atoms with E-state index >= 15 is 0 Å². The van der Waals surface area contributed by atoms with E-state index in [4.69, 9.17) is 0 Å². The van der Waals surface area contributed by atoms with E-state index in [1.807, 2.05) is 6.07 Å². The summed E-state index contributed by atoms with van der Waals surface area (Å²) in [4.78, 5) is 5.62. The smallest absolute Gasteiger partial charge is 0.165 e. The molecule has 0 N–H and O–H groups in total. The van der Waals surface area contributed by atoms with Crippen molar-refractivity contribution in [1.82, 2.24) is 4.98 Å². The first-order chi connectivity index (χ1) is 8.58. The molecule has 1 heterocycles. The van der Waals surface area contributed by atoms with Crippen molar-refractivity contribution in [3.05, 3.63) is 59.3 Å². The molecule has 0 aliphatic carbocycles. The van der Waals surface area contributed by atoms with Crippen LogP contribution in [-0.4, -0.2) is 12.0 Å². The number of aryl methyl sites for hydroxylation is 1. The largest absolute Gasteiger partial charge is 0.353 e. The zero-order valence-corrected chi connectivity index (χ0v) is 10.3. The quantitative estimate of drug-likeness (QED) is 0.828. The normalized spacial score (nSPS) is 10.4. The molecule has 0 saturated heterocycles. The van der Waals surface area contributed by atoms with Crippen molar-refractivity contribution < 1.29 is 8.78 Å². The van der Waals surface area contributed by atoms with Crippen molar-refractivity contribution in [3.8, 4) is 0 Å². The SMILES string of the molecule is Cc1ccc(CN(C)c2ncccc2F)cc1F. The number of hydrogen-bond acceptors (Lipinski definition) is 2. The Balaban J connectivity index is 2.19. The highest BCUT2D eigenvalue weighted by atomic mass is 19.1. The third-order valence-electron chi connectivity index (χ3n) is 2.76. The number of anilines is 1. The molecule has 0 spiro atoms. The van der Waals surface area contributed by atoms with Crippen LogP contribution in [0.4, 0.5) is 14.6 Å². The Bertz CT molecular complexity index is 555. The first-order valence-corrected chi connectivity index (χ1v) is 5.64. The molecule has 0 aliphatic rings. The molecule has 0 fully saturated rings. The second-order valence-corrected chi connectivity index (χ2v) is 4.25. The van der Waals surface area contributed by atoms with Crippen molar-refractivity contribution in [2.45, 2.75) is 13.5 Å². The van der Waals surface area contributed by atoms with Crippen LogP contribution in [0.25, 0.3) is 0 Å². The molecule has 18 heavy (non-hydrogen) atoms. The van der Waals surface area contributed by atoms with E-state index < -0.39 is 0 Å². The second kappa shape index (κ2) is 5.12. The molecule has 0 radical (unpaired) electrons. The van der Waals surface area contributed by atoms with Crippen molar-refractivity contribution in [3.63, 3.8) is 0 Å². The molecule has 0 aliphatic heterocycles. The summed E-state index contributed by atoms with van der Waals surface area (Å²) in [5.74, 6) is -0.367. The number of hydrogen-bond donors (Lipinski definition) is 0. The van der Waals surface area contributed by atoms with Crippen LogP contribution in [-0.2, 0) is 6.54 Å². The minimum Gasteiger partial charge on any atom is -0.353 e. The van der Waals surface area contributed by atoms with E-state index in [0.29, 0.717) is 12.1 Å². The number of halogens is 2. The summed E-state index contributed by atoms with van der Waals surface area (Å²) in [6.07, 6.45) is 1.53. The number of rotatable bonds is 3. The maximum atomic E-state index is 13.5. The van der Waals surface area contributed by atoms with Gasteiger partial charge in [-0.2, -0.15) is 0 Å². The van der Waals surface area contributed by atoms with Gasteiger partial charge in [-0.25, -0.2) is 13.8 Å². The molecule has 0 amide bonds. The van der Waals surface area contributed by atoms with Crippen LogP contribution in [0.15, 0.2) is 36.5 Å². The lowest BCUT2D eigenvalue weighted by atomic mass is 10.1. The third kappa shape index (κ3) is 2.64. The maximum absolute atomic E-state index is 13.5. The number of pyridine rings is 1. The molecule has 4 heteroatoms. The molecule has 2 nitrogen and oxygen atoms in total. The summed E-state index contributed by atoms with van der Waals surface area (Å²) in [7, 11) is 1.73. The van der Waals surface area contributed by atoms with Gasteiger partial charge in [0.15, 0.2) is 11.6 Å². The van der Waals surface area contributed by atoms with E-state index in [9.17, 15) is 8.78 Å². The van der Waals surface area contributed by atoms with Crippen molar-refractivity contribution >= 4 is 5.82 Å². The fourth-order valence-corrected chi connectivity index (χ4v) is 1.74. The molecular weight excluding hydrogens is 234 g/mol. The molecule has 2 rings (SSSR count). The monoisotopic (exact) mass is 248 g/mol. The van der Waals surface area contributed by atoms with Gasteiger partial charge in [-0.1, -0.05) is 12.1 Å². The molecule has 1 aromatic carbocycles. The zero-order valence-electron chi connectivity index (χ0n) is 10.3. The van der Waals surface area contributed by atoms with E-state index in [1.165, 1.54) is 24.4 Å². The summed E-state index contributed by atoms with van der Waals surface area (Å²) in [5, 5.41) is 0. The van der Waals surface area contributed by atoms with Gasteiger partial charge in [0.25, 0.3) is 0 Å².